The van der Waals surface area contributed by atoms with E-state index in [1.54, 1.807) is 7.11 Å². The van der Waals surface area contributed by atoms with Crippen molar-refractivity contribution in [2.24, 2.45) is 0 Å². The van der Waals surface area contributed by atoms with Crippen molar-refractivity contribution in [1.29, 1.82) is 0 Å². The maximum absolute atomic E-state index is 5.29. The van der Waals surface area contributed by atoms with Gasteiger partial charge in [-0.1, -0.05) is 17.3 Å². The highest BCUT2D eigenvalue weighted by atomic mass is 16.5. The van der Waals surface area contributed by atoms with Crippen LogP contribution in [0.15, 0.2) is 48.7 Å². The Morgan fingerprint density at radius 2 is 1.79 bits per heavy atom. The molecule has 0 N–H and O–H groups in total. The zero-order chi connectivity index (χ0) is 19.6. The van der Waals surface area contributed by atoms with Gasteiger partial charge < -0.3 is 9.64 Å². The van der Waals surface area contributed by atoms with Crippen LogP contribution in [0.5, 0.6) is 5.75 Å². The first-order valence-electron chi connectivity index (χ1n) is 10.4. The maximum Gasteiger partial charge on any atom is 0.118 e. The first-order chi connectivity index (χ1) is 14.3. The first kappa shape index (κ1) is 18.2. The maximum atomic E-state index is 5.29. The first-order valence-corrected chi connectivity index (χ1v) is 10.4. The number of piperidine rings is 1. The van der Waals surface area contributed by atoms with Gasteiger partial charge in [-0.3, -0.25) is 4.90 Å². The number of anilines is 1. The minimum atomic E-state index is 0.826. The van der Waals surface area contributed by atoms with Crippen molar-refractivity contribution in [3.8, 4) is 11.4 Å². The van der Waals surface area contributed by atoms with E-state index in [1.807, 2.05) is 23.0 Å². The Balaban J connectivity index is 1.45. The number of nitrogens with zero attached hydrogens (tertiary/aromatic N) is 5. The van der Waals surface area contributed by atoms with Crippen LogP contribution in [0.4, 0.5) is 5.69 Å². The Bertz CT molecular complexity index is 975. The molecule has 0 spiro atoms. The topological polar surface area (TPSA) is 46.4 Å². The standard InChI is InChI=1S/C23H27N5O/c1-29-22-8-5-18(6-9-22)15-26-16-19-13-20(27-11-3-2-4-12-27)7-10-23(19)28-21(17-26)14-24-25-28/h5-10,13-14H,2-4,11-12,15-17H2,1H3. The molecule has 2 aliphatic rings. The zero-order valence-electron chi connectivity index (χ0n) is 16.9. The summed E-state index contributed by atoms with van der Waals surface area (Å²) in [6.45, 7) is 4.91. The Morgan fingerprint density at radius 3 is 2.59 bits per heavy atom. The van der Waals surface area contributed by atoms with Gasteiger partial charge in [0.25, 0.3) is 0 Å². The number of fused-ring (bicyclic) bond motifs is 3. The van der Waals surface area contributed by atoms with E-state index in [-0.39, 0.29) is 0 Å². The number of benzene rings is 2. The van der Waals surface area contributed by atoms with Crippen molar-refractivity contribution in [1.82, 2.24) is 19.9 Å². The average Bonchev–Trinajstić information content (AvgIpc) is 3.17. The van der Waals surface area contributed by atoms with E-state index in [1.165, 1.54) is 36.1 Å². The van der Waals surface area contributed by atoms with E-state index >= 15 is 0 Å². The van der Waals surface area contributed by atoms with Crippen LogP contribution in [-0.4, -0.2) is 40.1 Å². The molecule has 0 atom stereocenters. The molecule has 3 aromatic rings. The largest absolute Gasteiger partial charge is 0.497 e. The Kier molecular flexibility index (Phi) is 4.94. The molecule has 0 bridgehead atoms. The zero-order valence-corrected chi connectivity index (χ0v) is 16.9. The van der Waals surface area contributed by atoms with E-state index < -0.39 is 0 Å². The number of ether oxygens (including phenoxy) is 1. The molecular weight excluding hydrogens is 362 g/mol. The lowest BCUT2D eigenvalue weighted by Gasteiger charge is -2.29. The molecule has 0 amide bonds. The van der Waals surface area contributed by atoms with Crippen LogP contribution in [0.2, 0.25) is 0 Å². The van der Waals surface area contributed by atoms with E-state index in [4.69, 9.17) is 4.74 Å². The van der Waals surface area contributed by atoms with Crippen molar-refractivity contribution in [2.75, 3.05) is 25.1 Å². The van der Waals surface area contributed by atoms with Crippen molar-refractivity contribution in [3.05, 3.63) is 65.5 Å². The van der Waals surface area contributed by atoms with Crippen LogP contribution in [0.25, 0.3) is 5.69 Å². The molecule has 0 saturated carbocycles. The summed E-state index contributed by atoms with van der Waals surface area (Å²) in [6.07, 6.45) is 5.80. The second kappa shape index (κ2) is 7.87. The Morgan fingerprint density at radius 1 is 0.966 bits per heavy atom. The van der Waals surface area contributed by atoms with Crippen LogP contribution < -0.4 is 9.64 Å². The van der Waals surface area contributed by atoms with Crippen LogP contribution in [0.1, 0.15) is 36.1 Å². The van der Waals surface area contributed by atoms with Crippen LogP contribution >= 0.6 is 0 Å². The molecule has 0 aliphatic carbocycles. The van der Waals surface area contributed by atoms with Gasteiger partial charge in [-0.25, -0.2) is 4.68 Å². The van der Waals surface area contributed by atoms with Gasteiger partial charge in [-0.2, -0.15) is 0 Å². The molecule has 6 nitrogen and oxygen atoms in total. The van der Waals surface area contributed by atoms with E-state index in [0.717, 1.165) is 49.9 Å². The highest BCUT2D eigenvalue weighted by molar-refractivity contribution is 5.56. The van der Waals surface area contributed by atoms with Crippen molar-refractivity contribution in [3.63, 3.8) is 0 Å². The van der Waals surface area contributed by atoms with E-state index in [2.05, 4.69) is 50.4 Å². The fourth-order valence-electron chi connectivity index (χ4n) is 4.45. The second-order valence-electron chi connectivity index (χ2n) is 7.99. The second-order valence-corrected chi connectivity index (χ2v) is 7.99. The fraction of sp³-hybridized carbons (Fsp3) is 0.391. The monoisotopic (exact) mass is 389 g/mol. The summed E-state index contributed by atoms with van der Waals surface area (Å²) in [7, 11) is 1.70. The molecule has 29 heavy (non-hydrogen) atoms. The van der Waals surface area contributed by atoms with Crippen LogP contribution in [0.3, 0.4) is 0 Å². The quantitative estimate of drug-likeness (QED) is 0.680. The summed E-state index contributed by atoms with van der Waals surface area (Å²) in [4.78, 5) is 4.98. The normalized spacial score (nSPS) is 16.8. The number of rotatable bonds is 4. The fourth-order valence-corrected chi connectivity index (χ4v) is 4.45. The molecule has 1 fully saturated rings. The molecule has 5 rings (SSSR count). The highest BCUT2D eigenvalue weighted by Crippen LogP contribution is 2.29. The molecular formula is C23H27N5O. The van der Waals surface area contributed by atoms with Gasteiger partial charge in [0.2, 0.25) is 0 Å². The van der Waals surface area contributed by atoms with Gasteiger partial charge in [0.15, 0.2) is 0 Å². The highest BCUT2D eigenvalue weighted by Gasteiger charge is 2.22. The average molecular weight is 390 g/mol. The number of methoxy groups -OCH3 is 1. The Hall–Kier alpha value is -2.86. The number of aromatic nitrogens is 3. The molecule has 6 heteroatoms. The van der Waals surface area contributed by atoms with Gasteiger partial charge in [0.05, 0.1) is 24.7 Å². The summed E-state index contributed by atoms with van der Waals surface area (Å²) < 4.78 is 7.30. The lowest BCUT2D eigenvalue weighted by Crippen LogP contribution is -2.29. The Labute approximate surface area is 171 Å². The smallest absolute Gasteiger partial charge is 0.118 e. The third-order valence-electron chi connectivity index (χ3n) is 5.98. The van der Waals surface area contributed by atoms with Crippen molar-refractivity contribution >= 4 is 5.69 Å². The van der Waals surface area contributed by atoms with E-state index in [9.17, 15) is 0 Å². The molecule has 3 heterocycles. The van der Waals surface area contributed by atoms with Crippen LogP contribution in [0, 0.1) is 0 Å². The summed E-state index contributed by atoms with van der Waals surface area (Å²) in [5.74, 6) is 0.892. The molecule has 1 aromatic heterocycles. The van der Waals surface area contributed by atoms with Gasteiger partial charge >= 0.3 is 0 Å². The lowest BCUT2D eigenvalue weighted by atomic mass is 10.1. The summed E-state index contributed by atoms with van der Waals surface area (Å²) in [6, 6.07) is 15.2. The van der Waals surface area contributed by atoms with Gasteiger partial charge in [0.1, 0.15) is 5.75 Å². The predicted molar refractivity (Wildman–Crippen MR) is 113 cm³/mol. The van der Waals surface area contributed by atoms with E-state index in [0.29, 0.717) is 0 Å². The molecule has 1 saturated heterocycles. The summed E-state index contributed by atoms with van der Waals surface area (Å²) in [5.41, 5.74) is 6.20. The molecule has 150 valence electrons. The molecule has 2 aromatic carbocycles. The SMILES string of the molecule is COc1ccc(CN2Cc3cc(N4CCCCC4)ccc3-n3nncc3C2)cc1. The third-order valence-corrected chi connectivity index (χ3v) is 5.98. The van der Waals surface area contributed by atoms with Crippen molar-refractivity contribution < 1.29 is 4.74 Å². The number of hydrogen-bond acceptors (Lipinski definition) is 5. The molecule has 0 radical (unpaired) electrons. The van der Waals surface area contributed by atoms with Gasteiger partial charge in [-0.05, 0) is 60.7 Å². The predicted octanol–water partition coefficient (Wildman–Crippen LogP) is 3.78. The van der Waals surface area contributed by atoms with Crippen LogP contribution in [-0.2, 0) is 19.6 Å². The van der Waals surface area contributed by atoms with Gasteiger partial charge in [0, 0.05) is 38.4 Å². The molecule has 0 unspecified atom stereocenters. The van der Waals surface area contributed by atoms with Gasteiger partial charge in [-0.15, -0.1) is 5.10 Å². The van der Waals surface area contributed by atoms with Crippen molar-refractivity contribution in [2.45, 2.75) is 38.9 Å². The number of hydrogen-bond donors (Lipinski definition) is 0. The summed E-state index contributed by atoms with van der Waals surface area (Å²) >= 11 is 0. The molecule has 2 aliphatic heterocycles. The minimum absolute atomic E-state index is 0.826. The summed E-state index contributed by atoms with van der Waals surface area (Å²) in [5, 5.41) is 8.55. The lowest BCUT2D eigenvalue weighted by molar-refractivity contribution is 0.248. The minimum Gasteiger partial charge on any atom is -0.497 e. The third kappa shape index (κ3) is 3.72.